The minimum Gasteiger partial charge on any atom is -0.378 e. The molecule has 2 saturated heterocycles. The van der Waals surface area contributed by atoms with Crippen molar-refractivity contribution in [2.75, 3.05) is 19.8 Å². The van der Waals surface area contributed by atoms with Gasteiger partial charge in [-0.05, 0) is 19.8 Å². The second-order valence-corrected chi connectivity index (χ2v) is 3.62. The normalized spacial score (nSPS) is 41.2. The van der Waals surface area contributed by atoms with Crippen LogP contribution in [0.5, 0.6) is 0 Å². The highest BCUT2D eigenvalue weighted by atomic mass is 16.6. The highest BCUT2D eigenvalue weighted by Crippen LogP contribution is 2.18. The van der Waals surface area contributed by atoms with Gasteiger partial charge in [0.1, 0.15) is 6.10 Å². The predicted molar refractivity (Wildman–Crippen MR) is 44.1 cm³/mol. The fraction of sp³-hybridized carbons (Fsp3) is 1.00. The Kier molecular flexibility index (Phi) is 2.63. The molecule has 0 aromatic rings. The average Bonchev–Trinajstić information content (AvgIpc) is 2.84. The van der Waals surface area contributed by atoms with Crippen molar-refractivity contribution in [3.63, 3.8) is 0 Å². The highest BCUT2D eigenvalue weighted by Gasteiger charge is 2.26. The maximum atomic E-state index is 5.67. The van der Waals surface area contributed by atoms with Crippen LogP contribution < -0.4 is 0 Å². The van der Waals surface area contributed by atoms with Gasteiger partial charge in [0, 0.05) is 6.61 Å². The number of epoxide rings is 1. The zero-order chi connectivity index (χ0) is 8.39. The molecule has 3 heteroatoms. The third kappa shape index (κ3) is 2.44. The average molecular weight is 172 g/mol. The first kappa shape index (κ1) is 8.48. The van der Waals surface area contributed by atoms with Crippen molar-refractivity contribution in [2.45, 2.75) is 38.1 Å². The van der Waals surface area contributed by atoms with Crippen LogP contribution in [-0.4, -0.2) is 38.1 Å². The van der Waals surface area contributed by atoms with Crippen LogP contribution in [0.3, 0.4) is 0 Å². The Hall–Kier alpha value is -0.120. The lowest BCUT2D eigenvalue weighted by atomic mass is 10.1. The first-order valence-electron chi connectivity index (χ1n) is 4.69. The number of ether oxygens (including phenoxy) is 3. The van der Waals surface area contributed by atoms with E-state index in [4.69, 9.17) is 14.2 Å². The van der Waals surface area contributed by atoms with Crippen molar-refractivity contribution in [1.29, 1.82) is 0 Å². The van der Waals surface area contributed by atoms with Gasteiger partial charge in [0.2, 0.25) is 0 Å². The largest absolute Gasteiger partial charge is 0.378 e. The van der Waals surface area contributed by atoms with E-state index in [2.05, 4.69) is 6.92 Å². The van der Waals surface area contributed by atoms with Crippen LogP contribution in [0, 0.1) is 0 Å². The minimum atomic E-state index is 0.365. The van der Waals surface area contributed by atoms with Crippen LogP contribution in [0.15, 0.2) is 0 Å². The van der Waals surface area contributed by atoms with Crippen LogP contribution in [0.1, 0.15) is 19.8 Å². The summed E-state index contributed by atoms with van der Waals surface area (Å²) in [4.78, 5) is 0. The summed E-state index contributed by atoms with van der Waals surface area (Å²) in [5.41, 5.74) is 0. The fourth-order valence-electron chi connectivity index (χ4n) is 1.52. The summed E-state index contributed by atoms with van der Waals surface area (Å²) in [6.45, 7) is 4.61. The molecule has 2 fully saturated rings. The smallest absolute Gasteiger partial charge is 0.104 e. The molecule has 0 amide bonds. The van der Waals surface area contributed by atoms with Crippen molar-refractivity contribution >= 4 is 0 Å². The van der Waals surface area contributed by atoms with Gasteiger partial charge in [0.05, 0.1) is 25.4 Å². The molecule has 70 valence electrons. The Bertz CT molecular complexity index is 145. The van der Waals surface area contributed by atoms with Gasteiger partial charge in [0.25, 0.3) is 0 Å². The lowest BCUT2D eigenvalue weighted by Gasteiger charge is -2.27. The maximum absolute atomic E-state index is 5.67. The first-order valence-corrected chi connectivity index (χ1v) is 4.69. The van der Waals surface area contributed by atoms with E-state index in [1.807, 2.05) is 0 Å². The summed E-state index contributed by atoms with van der Waals surface area (Å²) >= 11 is 0. The van der Waals surface area contributed by atoms with E-state index >= 15 is 0 Å². The first-order chi connectivity index (χ1) is 5.84. The number of rotatable bonds is 3. The van der Waals surface area contributed by atoms with Gasteiger partial charge >= 0.3 is 0 Å². The van der Waals surface area contributed by atoms with Crippen molar-refractivity contribution in [1.82, 2.24) is 0 Å². The summed E-state index contributed by atoms with van der Waals surface area (Å²) in [6.07, 6.45) is 3.23. The molecule has 0 N–H and O–H groups in total. The van der Waals surface area contributed by atoms with Gasteiger partial charge in [-0.2, -0.15) is 0 Å². The van der Waals surface area contributed by atoms with Gasteiger partial charge in [-0.3, -0.25) is 0 Å². The fourth-order valence-corrected chi connectivity index (χ4v) is 1.52. The molecule has 2 aliphatic heterocycles. The summed E-state index contributed by atoms with van der Waals surface area (Å²) < 4.78 is 16.2. The van der Waals surface area contributed by atoms with Crippen molar-refractivity contribution < 1.29 is 14.2 Å². The SMILES string of the molecule is CC1CC(OCC2CO2)CCO1. The Morgan fingerprint density at radius 1 is 1.42 bits per heavy atom. The molecule has 2 heterocycles. The third-order valence-corrected chi connectivity index (χ3v) is 2.36. The van der Waals surface area contributed by atoms with E-state index in [0.29, 0.717) is 18.3 Å². The van der Waals surface area contributed by atoms with Gasteiger partial charge < -0.3 is 14.2 Å². The van der Waals surface area contributed by atoms with Crippen LogP contribution in [0.25, 0.3) is 0 Å². The van der Waals surface area contributed by atoms with E-state index < -0.39 is 0 Å². The molecule has 12 heavy (non-hydrogen) atoms. The van der Waals surface area contributed by atoms with E-state index in [0.717, 1.165) is 32.7 Å². The molecule has 0 aromatic carbocycles. The second-order valence-electron chi connectivity index (χ2n) is 3.62. The van der Waals surface area contributed by atoms with Gasteiger partial charge in [-0.15, -0.1) is 0 Å². The monoisotopic (exact) mass is 172 g/mol. The third-order valence-electron chi connectivity index (χ3n) is 2.36. The van der Waals surface area contributed by atoms with Crippen molar-refractivity contribution in [3.8, 4) is 0 Å². The second kappa shape index (κ2) is 3.73. The molecular formula is C9H16O3. The summed E-state index contributed by atoms with van der Waals surface area (Å²) in [7, 11) is 0. The Morgan fingerprint density at radius 2 is 2.25 bits per heavy atom. The van der Waals surface area contributed by atoms with E-state index in [9.17, 15) is 0 Å². The standard InChI is InChI=1S/C9H16O3/c1-7-4-8(2-3-10-7)11-5-9-6-12-9/h7-9H,2-6H2,1H3. The topological polar surface area (TPSA) is 31.0 Å². The van der Waals surface area contributed by atoms with Crippen LogP contribution in [-0.2, 0) is 14.2 Å². The van der Waals surface area contributed by atoms with Crippen LogP contribution in [0.2, 0.25) is 0 Å². The van der Waals surface area contributed by atoms with E-state index in [1.165, 1.54) is 0 Å². The zero-order valence-corrected chi connectivity index (χ0v) is 7.49. The van der Waals surface area contributed by atoms with E-state index in [-0.39, 0.29) is 0 Å². The molecule has 0 radical (unpaired) electrons. The van der Waals surface area contributed by atoms with Crippen molar-refractivity contribution in [2.24, 2.45) is 0 Å². The molecule has 0 aliphatic carbocycles. The Morgan fingerprint density at radius 3 is 2.92 bits per heavy atom. The molecular weight excluding hydrogens is 156 g/mol. The van der Waals surface area contributed by atoms with Crippen LogP contribution >= 0.6 is 0 Å². The Balaban J connectivity index is 1.64. The lowest BCUT2D eigenvalue weighted by molar-refractivity contribution is -0.0682. The molecule has 0 saturated carbocycles. The quantitative estimate of drug-likeness (QED) is 0.594. The summed E-state index contributed by atoms with van der Waals surface area (Å²) in [5.74, 6) is 0. The zero-order valence-electron chi connectivity index (χ0n) is 7.49. The van der Waals surface area contributed by atoms with Gasteiger partial charge in [-0.1, -0.05) is 0 Å². The predicted octanol–water partition coefficient (Wildman–Crippen LogP) is 0.969. The molecule has 2 aliphatic rings. The summed E-state index contributed by atoms with van der Waals surface area (Å²) in [5, 5.41) is 0. The molecule has 0 aromatic heterocycles. The molecule has 0 spiro atoms. The van der Waals surface area contributed by atoms with Gasteiger partial charge in [-0.25, -0.2) is 0 Å². The summed E-state index contributed by atoms with van der Waals surface area (Å²) in [6, 6.07) is 0. The van der Waals surface area contributed by atoms with Gasteiger partial charge in [0.15, 0.2) is 0 Å². The minimum absolute atomic E-state index is 0.365. The number of hydrogen-bond donors (Lipinski definition) is 0. The highest BCUT2D eigenvalue weighted by molar-refractivity contribution is 4.72. The molecule has 3 nitrogen and oxygen atoms in total. The maximum Gasteiger partial charge on any atom is 0.104 e. The molecule has 0 bridgehead atoms. The molecule has 3 unspecified atom stereocenters. The molecule has 2 rings (SSSR count). The Labute approximate surface area is 73.0 Å². The molecule has 3 atom stereocenters. The van der Waals surface area contributed by atoms with Crippen molar-refractivity contribution in [3.05, 3.63) is 0 Å². The number of hydrogen-bond acceptors (Lipinski definition) is 3. The van der Waals surface area contributed by atoms with Crippen LogP contribution in [0.4, 0.5) is 0 Å². The van der Waals surface area contributed by atoms with E-state index in [1.54, 1.807) is 0 Å². The lowest BCUT2D eigenvalue weighted by Crippen LogP contribution is -2.29.